The van der Waals surface area contributed by atoms with Gasteiger partial charge in [-0.05, 0) is 24.3 Å². The second-order valence-corrected chi connectivity index (χ2v) is 3.52. The van der Waals surface area contributed by atoms with Crippen LogP contribution in [-0.2, 0) is 6.42 Å². The first kappa shape index (κ1) is 11.2. The molecule has 1 heterocycles. The monoisotopic (exact) mass is 231 g/mol. The van der Waals surface area contributed by atoms with Gasteiger partial charge in [-0.2, -0.15) is 0 Å². The van der Waals surface area contributed by atoms with Crippen LogP contribution in [0.5, 0.6) is 11.5 Å². The number of aromatic nitrogens is 2. The molecule has 0 fully saturated rings. The lowest BCUT2D eigenvalue weighted by atomic mass is 10.3. The number of nitrogens with two attached hydrogens (primary N) is 1. The summed E-state index contributed by atoms with van der Waals surface area (Å²) in [5, 5.41) is 9.10. The van der Waals surface area contributed by atoms with Crippen molar-refractivity contribution in [2.24, 2.45) is 0 Å². The molecule has 0 aliphatic heterocycles. The number of aromatic hydroxyl groups is 1. The Labute approximate surface area is 98.9 Å². The molecule has 0 unspecified atom stereocenters. The second-order valence-electron chi connectivity index (χ2n) is 3.52. The van der Waals surface area contributed by atoms with Gasteiger partial charge in [-0.1, -0.05) is 0 Å². The van der Waals surface area contributed by atoms with Gasteiger partial charge in [-0.15, -0.1) is 0 Å². The van der Waals surface area contributed by atoms with Crippen molar-refractivity contribution in [3.63, 3.8) is 0 Å². The van der Waals surface area contributed by atoms with E-state index in [1.807, 2.05) is 0 Å². The third-order valence-electron chi connectivity index (χ3n) is 2.16. The molecule has 5 heteroatoms. The van der Waals surface area contributed by atoms with Crippen LogP contribution in [-0.4, -0.2) is 21.7 Å². The largest absolute Gasteiger partial charge is 0.508 e. The van der Waals surface area contributed by atoms with Crippen molar-refractivity contribution in [2.75, 3.05) is 12.3 Å². The SMILES string of the molecule is Nc1cnc(CCOc2ccc(O)cc2)nc1. The molecule has 3 N–H and O–H groups in total. The Morgan fingerprint density at radius 3 is 2.41 bits per heavy atom. The maximum atomic E-state index is 9.10. The van der Waals surface area contributed by atoms with Crippen LogP contribution in [0.25, 0.3) is 0 Å². The molecule has 0 saturated heterocycles. The lowest BCUT2D eigenvalue weighted by molar-refractivity contribution is 0.318. The normalized spacial score (nSPS) is 10.1. The lowest BCUT2D eigenvalue weighted by Gasteiger charge is -2.05. The maximum Gasteiger partial charge on any atom is 0.131 e. The fraction of sp³-hybridized carbons (Fsp3) is 0.167. The fourth-order valence-electron chi connectivity index (χ4n) is 1.30. The summed E-state index contributed by atoms with van der Waals surface area (Å²) in [6.07, 6.45) is 3.76. The van der Waals surface area contributed by atoms with Gasteiger partial charge in [0.25, 0.3) is 0 Å². The van der Waals surface area contributed by atoms with Crippen LogP contribution in [0.3, 0.4) is 0 Å². The van der Waals surface area contributed by atoms with Crippen molar-refractivity contribution in [2.45, 2.75) is 6.42 Å². The summed E-state index contributed by atoms with van der Waals surface area (Å²) in [7, 11) is 0. The van der Waals surface area contributed by atoms with Crippen molar-refractivity contribution < 1.29 is 9.84 Å². The van der Waals surface area contributed by atoms with E-state index < -0.39 is 0 Å². The molecular formula is C12H13N3O2. The molecule has 0 saturated carbocycles. The van der Waals surface area contributed by atoms with E-state index in [2.05, 4.69) is 9.97 Å². The van der Waals surface area contributed by atoms with Crippen LogP contribution >= 0.6 is 0 Å². The van der Waals surface area contributed by atoms with Crippen LogP contribution in [0.1, 0.15) is 5.82 Å². The van der Waals surface area contributed by atoms with Crippen molar-refractivity contribution in [3.05, 3.63) is 42.5 Å². The third kappa shape index (κ3) is 3.34. The highest BCUT2D eigenvalue weighted by molar-refractivity contribution is 5.31. The molecule has 0 spiro atoms. The van der Waals surface area contributed by atoms with Gasteiger partial charge >= 0.3 is 0 Å². The van der Waals surface area contributed by atoms with E-state index in [9.17, 15) is 0 Å². The van der Waals surface area contributed by atoms with Crippen LogP contribution in [0.2, 0.25) is 0 Å². The summed E-state index contributed by atoms with van der Waals surface area (Å²) in [6, 6.07) is 6.57. The number of anilines is 1. The molecule has 5 nitrogen and oxygen atoms in total. The second kappa shape index (κ2) is 5.16. The number of hydrogen-bond acceptors (Lipinski definition) is 5. The molecule has 0 amide bonds. The summed E-state index contributed by atoms with van der Waals surface area (Å²) >= 11 is 0. The highest BCUT2D eigenvalue weighted by Gasteiger charge is 1.98. The molecule has 2 rings (SSSR count). The minimum atomic E-state index is 0.221. The molecule has 0 atom stereocenters. The first-order valence-corrected chi connectivity index (χ1v) is 5.22. The Hall–Kier alpha value is -2.30. The van der Waals surface area contributed by atoms with Gasteiger partial charge in [0.05, 0.1) is 24.7 Å². The molecule has 0 aliphatic carbocycles. The molecule has 0 radical (unpaired) electrons. The Kier molecular flexibility index (Phi) is 3.40. The molecule has 17 heavy (non-hydrogen) atoms. The van der Waals surface area contributed by atoms with Gasteiger partial charge in [-0.3, -0.25) is 0 Å². The number of nitrogen functional groups attached to an aromatic ring is 1. The van der Waals surface area contributed by atoms with Crippen molar-refractivity contribution in [3.8, 4) is 11.5 Å². The summed E-state index contributed by atoms with van der Waals surface area (Å²) in [5.74, 6) is 1.62. The average Bonchev–Trinajstić information content (AvgIpc) is 2.34. The van der Waals surface area contributed by atoms with Crippen LogP contribution < -0.4 is 10.5 Å². The van der Waals surface area contributed by atoms with E-state index in [-0.39, 0.29) is 5.75 Å². The zero-order chi connectivity index (χ0) is 12.1. The lowest BCUT2D eigenvalue weighted by Crippen LogP contribution is -2.05. The van der Waals surface area contributed by atoms with Crippen molar-refractivity contribution >= 4 is 5.69 Å². The number of hydrogen-bond donors (Lipinski definition) is 2. The van der Waals surface area contributed by atoms with Gasteiger partial charge in [0.2, 0.25) is 0 Å². The van der Waals surface area contributed by atoms with Crippen LogP contribution in [0.15, 0.2) is 36.7 Å². The number of benzene rings is 1. The van der Waals surface area contributed by atoms with Crippen molar-refractivity contribution in [1.29, 1.82) is 0 Å². The van der Waals surface area contributed by atoms with Gasteiger partial charge in [0.1, 0.15) is 17.3 Å². The minimum absolute atomic E-state index is 0.221. The van der Waals surface area contributed by atoms with E-state index in [0.29, 0.717) is 30.3 Å². The smallest absolute Gasteiger partial charge is 0.131 e. The summed E-state index contributed by atoms with van der Waals surface area (Å²) in [6.45, 7) is 0.481. The van der Waals surface area contributed by atoms with Crippen LogP contribution in [0, 0.1) is 0 Å². The highest BCUT2D eigenvalue weighted by Crippen LogP contribution is 2.15. The predicted octanol–water partition coefficient (Wildman–Crippen LogP) is 1.39. The van der Waals surface area contributed by atoms with E-state index in [4.69, 9.17) is 15.6 Å². The Balaban J connectivity index is 1.83. The summed E-state index contributed by atoms with van der Waals surface area (Å²) < 4.78 is 5.47. The molecule has 0 bridgehead atoms. The van der Waals surface area contributed by atoms with Gasteiger partial charge in [0.15, 0.2) is 0 Å². The zero-order valence-corrected chi connectivity index (χ0v) is 9.21. The van der Waals surface area contributed by atoms with E-state index in [0.717, 1.165) is 0 Å². The third-order valence-corrected chi connectivity index (χ3v) is 2.16. The number of phenols is 1. The highest BCUT2D eigenvalue weighted by atomic mass is 16.5. The number of phenolic OH excluding ortho intramolecular Hbond substituents is 1. The summed E-state index contributed by atoms with van der Waals surface area (Å²) in [4.78, 5) is 8.13. The number of ether oxygens (including phenoxy) is 1. The minimum Gasteiger partial charge on any atom is -0.508 e. The van der Waals surface area contributed by atoms with Gasteiger partial charge in [-0.25, -0.2) is 9.97 Å². The molecule has 88 valence electrons. The fourth-order valence-corrected chi connectivity index (χ4v) is 1.30. The maximum absolute atomic E-state index is 9.10. The zero-order valence-electron chi connectivity index (χ0n) is 9.21. The molecular weight excluding hydrogens is 218 g/mol. The standard InChI is InChI=1S/C12H13N3O2/c13-9-7-14-12(15-8-9)5-6-17-11-3-1-10(16)2-4-11/h1-4,7-8,16H,5-6,13H2. The predicted molar refractivity (Wildman–Crippen MR) is 63.8 cm³/mol. The van der Waals surface area contributed by atoms with Crippen LogP contribution in [0.4, 0.5) is 5.69 Å². The topological polar surface area (TPSA) is 81.3 Å². The van der Waals surface area contributed by atoms with E-state index in [1.165, 1.54) is 0 Å². The quantitative estimate of drug-likeness (QED) is 0.830. The number of nitrogens with zero attached hydrogens (tertiary/aromatic N) is 2. The average molecular weight is 231 g/mol. The van der Waals surface area contributed by atoms with Crippen molar-refractivity contribution in [1.82, 2.24) is 9.97 Å². The summed E-state index contributed by atoms with van der Waals surface area (Å²) in [5.41, 5.74) is 6.03. The Morgan fingerprint density at radius 2 is 1.76 bits per heavy atom. The first-order valence-electron chi connectivity index (χ1n) is 5.22. The molecule has 1 aromatic heterocycles. The van der Waals surface area contributed by atoms with E-state index in [1.54, 1.807) is 36.7 Å². The molecule has 1 aromatic carbocycles. The number of rotatable bonds is 4. The molecule has 2 aromatic rings. The molecule has 0 aliphatic rings. The van der Waals surface area contributed by atoms with Gasteiger partial charge in [0, 0.05) is 6.42 Å². The first-order chi connectivity index (χ1) is 8.24. The Bertz CT molecular complexity index is 423. The van der Waals surface area contributed by atoms with Gasteiger partial charge < -0.3 is 15.6 Å². The Morgan fingerprint density at radius 1 is 1.12 bits per heavy atom. The van der Waals surface area contributed by atoms with E-state index >= 15 is 0 Å².